The standard InChI is InChI=1S/C14H14O5/c1-17-13(15)7-4-8-18-12-9-14(16)19-11-6-3-2-5-10(11)12/h2-3,5-6,9H,4,7-8H2,1H3. The van der Waals surface area contributed by atoms with Crippen molar-refractivity contribution in [2.75, 3.05) is 13.7 Å². The van der Waals surface area contributed by atoms with Crippen molar-refractivity contribution in [2.24, 2.45) is 0 Å². The van der Waals surface area contributed by atoms with Crippen LogP contribution < -0.4 is 10.4 Å². The number of para-hydroxylation sites is 1. The lowest BCUT2D eigenvalue weighted by molar-refractivity contribution is -0.140. The highest BCUT2D eigenvalue weighted by Gasteiger charge is 2.06. The molecular formula is C14H14O5. The number of carbonyl (C=O) groups excluding carboxylic acids is 1. The maximum absolute atomic E-state index is 11.4. The van der Waals surface area contributed by atoms with E-state index >= 15 is 0 Å². The van der Waals surface area contributed by atoms with E-state index in [4.69, 9.17) is 9.15 Å². The van der Waals surface area contributed by atoms with Gasteiger partial charge in [0.05, 0.1) is 25.2 Å². The van der Waals surface area contributed by atoms with Gasteiger partial charge >= 0.3 is 11.6 Å². The second-order valence-electron chi connectivity index (χ2n) is 3.95. The molecule has 2 aromatic rings. The van der Waals surface area contributed by atoms with Gasteiger partial charge in [0.25, 0.3) is 0 Å². The summed E-state index contributed by atoms with van der Waals surface area (Å²) in [5.74, 6) is 0.192. The molecule has 100 valence electrons. The summed E-state index contributed by atoms with van der Waals surface area (Å²) in [7, 11) is 1.35. The monoisotopic (exact) mass is 262 g/mol. The fraction of sp³-hybridized carbons (Fsp3) is 0.286. The van der Waals surface area contributed by atoms with Crippen molar-refractivity contribution in [2.45, 2.75) is 12.8 Å². The molecule has 0 bridgehead atoms. The van der Waals surface area contributed by atoms with Crippen LogP contribution in [0, 0.1) is 0 Å². The largest absolute Gasteiger partial charge is 0.493 e. The molecule has 0 aliphatic rings. The molecule has 5 nitrogen and oxygen atoms in total. The van der Waals surface area contributed by atoms with Gasteiger partial charge in [-0.3, -0.25) is 4.79 Å². The third-order valence-electron chi connectivity index (χ3n) is 2.62. The molecule has 0 saturated heterocycles. The van der Waals surface area contributed by atoms with E-state index in [1.165, 1.54) is 13.2 Å². The van der Waals surface area contributed by atoms with Gasteiger partial charge in [-0.1, -0.05) is 12.1 Å². The minimum Gasteiger partial charge on any atom is -0.493 e. The van der Waals surface area contributed by atoms with E-state index in [1.807, 2.05) is 12.1 Å². The van der Waals surface area contributed by atoms with E-state index in [0.717, 1.165) is 5.39 Å². The summed E-state index contributed by atoms with van der Waals surface area (Å²) < 4.78 is 15.1. The number of carbonyl (C=O) groups is 1. The Morgan fingerprint density at radius 2 is 2.11 bits per heavy atom. The van der Waals surface area contributed by atoms with Gasteiger partial charge in [-0.15, -0.1) is 0 Å². The minimum atomic E-state index is -0.457. The highest BCUT2D eigenvalue weighted by Crippen LogP contribution is 2.23. The Morgan fingerprint density at radius 3 is 2.89 bits per heavy atom. The highest BCUT2D eigenvalue weighted by atomic mass is 16.5. The van der Waals surface area contributed by atoms with Crippen molar-refractivity contribution in [3.8, 4) is 5.75 Å². The van der Waals surface area contributed by atoms with E-state index in [2.05, 4.69) is 4.74 Å². The minimum absolute atomic E-state index is 0.277. The molecule has 19 heavy (non-hydrogen) atoms. The maximum Gasteiger partial charge on any atom is 0.339 e. The van der Waals surface area contributed by atoms with Crippen molar-refractivity contribution < 1.29 is 18.7 Å². The first kappa shape index (κ1) is 13.1. The van der Waals surface area contributed by atoms with Crippen LogP contribution in [-0.4, -0.2) is 19.7 Å². The summed E-state index contributed by atoms with van der Waals surface area (Å²) in [4.78, 5) is 22.3. The Labute approximate surface area is 109 Å². The molecule has 1 aromatic heterocycles. The van der Waals surface area contributed by atoms with Crippen LogP contribution in [0.1, 0.15) is 12.8 Å². The first-order chi connectivity index (χ1) is 9.20. The third-order valence-corrected chi connectivity index (χ3v) is 2.62. The van der Waals surface area contributed by atoms with Crippen LogP contribution in [0.25, 0.3) is 11.0 Å². The Bertz CT molecular complexity index is 629. The summed E-state index contributed by atoms with van der Waals surface area (Å²) in [5, 5.41) is 0.736. The number of rotatable bonds is 5. The molecule has 0 saturated carbocycles. The smallest absolute Gasteiger partial charge is 0.339 e. The maximum atomic E-state index is 11.4. The molecular weight excluding hydrogens is 248 g/mol. The summed E-state index contributed by atoms with van der Waals surface area (Å²) >= 11 is 0. The Kier molecular flexibility index (Phi) is 4.18. The Morgan fingerprint density at radius 1 is 1.32 bits per heavy atom. The quantitative estimate of drug-likeness (QED) is 0.469. The number of esters is 1. The molecule has 0 radical (unpaired) electrons. The zero-order chi connectivity index (χ0) is 13.7. The zero-order valence-corrected chi connectivity index (χ0v) is 10.5. The topological polar surface area (TPSA) is 65.7 Å². The molecule has 1 heterocycles. The zero-order valence-electron chi connectivity index (χ0n) is 10.5. The molecule has 0 aliphatic carbocycles. The normalized spacial score (nSPS) is 10.4. The van der Waals surface area contributed by atoms with Crippen molar-refractivity contribution in [1.82, 2.24) is 0 Å². The van der Waals surface area contributed by atoms with Crippen molar-refractivity contribution >= 4 is 16.9 Å². The second kappa shape index (κ2) is 6.04. The fourth-order valence-corrected chi connectivity index (χ4v) is 1.70. The molecule has 5 heteroatoms. The molecule has 0 aliphatic heterocycles. The predicted molar refractivity (Wildman–Crippen MR) is 69.2 cm³/mol. The molecule has 0 spiro atoms. The van der Waals surface area contributed by atoms with Gasteiger partial charge in [0.2, 0.25) is 0 Å². The number of fused-ring (bicyclic) bond motifs is 1. The fourth-order valence-electron chi connectivity index (χ4n) is 1.70. The molecule has 0 amide bonds. The SMILES string of the molecule is COC(=O)CCCOc1cc(=O)oc2ccccc12. The van der Waals surface area contributed by atoms with E-state index in [0.29, 0.717) is 24.4 Å². The second-order valence-corrected chi connectivity index (χ2v) is 3.95. The lowest BCUT2D eigenvalue weighted by Crippen LogP contribution is -2.06. The van der Waals surface area contributed by atoms with E-state index in [-0.39, 0.29) is 12.4 Å². The molecule has 1 aromatic carbocycles. The third kappa shape index (κ3) is 3.34. The van der Waals surface area contributed by atoms with Crippen molar-refractivity contribution in [3.05, 3.63) is 40.8 Å². The average molecular weight is 262 g/mol. The van der Waals surface area contributed by atoms with Gasteiger partial charge < -0.3 is 13.9 Å². The van der Waals surface area contributed by atoms with E-state index < -0.39 is 5.63 Å². The molecule has 2 rings (SSSR count). The Hall–Kier alpha value is -2.30. The van der Waals surface area contributed by atoms with Gasteiger partial charge in [0.15, 0.2) is 0 Å². The van der Waals surface area contributed by atoms with Crippen LogP contribution in [0.2, 0.25) is 0 Å². The lowest BCUT2D eigenvalue weighted by Gasteiger charge is -2.07. The number of hydrogen-bond donors (Lipinski definition) is 0. The van der Waals surface area contributed by atoms with Crippen LogP contribution >= 0.6 is 0 Å². The van der Waals surface area contributed by atoms with Gasteiger partial charge in [-0.2, -0.15) is 0 Å². The van der Waals surface area contributed by atoms with Gasteiger partial charge in [-0.05, 0) is 18.6 Å². The van der Waals surface area contributed by atoms with Crippen LogP contribution in [0.5, 0.6) is 5.75 Å². The van der Waals surface area contributed by atoms with Crippen LogP contribution in [0.4, 0.5) is 0 Å². The first-order valence-corrected chi connectivity index (χ1v) is 5.93. The van der Waals surface area contributed by atoms with Crippen molar-refractivity contribution in [1.29, 1.82) is 0 Å². The molecule has 0 N–H and O–H groups in total. The predicted octanol–water partition coefficient (Wildman–Crippen LogP) is 2.12. The molecule has 0 atom stereocenters. The summed E-state index contributed by atoms with van der Waals surface area (Å²) in [6, 6.07) is 8.45. The summed E-state index contributed by atoms with van der Waals surface area (Å²) in [6.07, 6.45) is 0.817. The van der Waals surface area contributed by atoms with Crippen molar-refractivity contribution in [3.63, 3.8) is 0 Å². The number of hydrogen-bond acceptors (Lipinski definition) is 5. The van der Waals surface area contributed by atoms with Crippen LogP contribution in [0.3, 0.4) is 0 Å². The number of ether oxygens (including phenoxy) is 2. The highest BCUT2D eigenvalue weighted by molar-refractivity contribution is 5.82. The lowest BCUT2D eigenvalue weighted by atomic mass is 10.2. The Balaban J connectivity index is 2.08. The van der Waals surface area contributed by atoms with Gasteiger partial charge in [-0.25, -0.2) is 4.79 Å². The molecule has 0 fully saturated rings. The number of benzene rings is 1. The summed E-state index contributed by atoms with van der Waals surface area (Å²) in [5.41, 5.74) is 0.0274. The average Bonchev–Trinajstić information content (AvgIpc) is 2.42. The first-order valence-electron chi connectivity index (χ1n) is 5.93. The summed E-state index contributed by atoms with van der Waals surface area (Å²) in [6.45, 7) is 0.336. The van der Waals surface area contributed by atoms with Crippen LogP contribution in [0.15, 0.2) is 39.5 Å². The van der Waals surface area contributed by atoms with Gasteiger partial charge in [0, 0.05) is 6.42 Å². The van der Waals surface area contributed by atoms with Gasteiger partial charge in [0.1, 0.15) is 11.3 Å². The number of methoxy groups -OCH3 is 1. The van der Waals surface area contributed by atoms with E-state index in [9.17, 15) is 9.59 Å². The van der Waals surface area contributed by atoms with Crippen LogP contribution in [-0.2, 0) is 9.53 Å². The molecule has 0 unspecified atom stereocenters. The van der Waals surface area contributed by atoms with E-state index in [1.54, 1.807) is 12.1 Å².